The van der Waals surface area contributed by atoms with Crippen LogP contribution in [0.1, 0.15) is 50.5 Å². The normalized spacial score (nSPS) is 17.0. The largest absolute Gasteiger partial charge is 0.378 e. The molecule has 6 nitrogen and oxygen atoms in total. The number of fused-ring (bicyclic) bond motifs is 1. The molecule has 0 spiro atoms. The molecule has 1 aromatic carbocycles. The van der Waals surface area contributed by atoms with E-state index in [9.17, 15) is 9.59 Å². The summed E-state index contributed by atoms with van der Waals surface area (Å²) in [4.78, 5) is 30.5. The van der Waals surface area contributed by atoms with Crippen molar-refractivity contribution in [1.29, 1.82) is 0 Å². The molecule has 2 aliphatic rings. The number of benzene rings is 1. The molecule has 1 fully saturated rings. The molecule has 1 aromatic heterocycles. The van der Waals surface area contributed by atoms with E-state index in [0.29, 0.717) is 17.7 Å². The number of ether oxygens (including phenoxy) is 1. The molecule has 0 unspecified atom stereocenters. The van der Waals surface area contributed by atoms with E-state index in [1.54, 1.807) is 0 Å². The van der Waals surface area contributed by atoms with Crippen molar-refractivity contribution in [1.82, 2.24) is 4.98 Å². The van der Waals surface area contributed by atoms with Gasteiger partial charge in [0.2, 0.25) is 0 Å². The monoisotopic (exact) mass is 367 g/mol. The maximum absolute atomic E-state index is 12.8. The molecule has 0 atom stereocenters. The highest BCUT2D eigenvalue weighted by atomic mass is 16.5. The lowest BCUT2D eigenvalue weighted by molar-refractivity contribution is 0.0971. The molecule has 2 N–H and O–H groups in total. The van der Waals surface area contributed by atoms with Crippen molar-refractivity contribution in [2.45, 2.75) is 33.1 Å². The van der Waals surface area contributed by atoms with Crippen LogP contribution in [0, 0.1) is 13.8 Å². The molecule has 0 radical (unpaired) electrons. The molecule has 6 heteroatoms. The second kappa shape index (κ2) is 7.19. The van der Waals surface area contributed by atoms with Crippen LogP contribution in [0.25, 0.3) is 0 Å². The molecule has 2 heterocycles. The highest BCUT2D eigenvalue weighted by molar-refractivity contribution is 6.08. The van der Waals surface area contributed by atoms with Gasteiger partial charge in [0.25, 0.3) is 5.91 Å². The van der Waals surface area contributed by atoms with Crippen LogP contribution in [0.15, 0.2) is 18.2 Å². The smallest absolute Gasteiger partial charge is 0.272 e. The molecule has 0 bridgehead atoms. The van der Waals surface area contributed by atoms with E-state index in [-0.39, 0.29) is 11.7 Å². The maximum atomic E-state index is 12.8. The van der Waals surface area contributed by atoms with Gasteiger partial charge in [0.1, 0.15) is 5.69 Å². The second-order valence-electron chi connectivity index (χ2n) is 7.31. The lowest BCUT2D eigenvalue weighted by atomic mass is 9.94. The third-order valence-electron chi connectivity index (χ3n) is 5.50. The van der Waals surface area contributed by atoms with Gasteiger partial charge < -0.3 is 19.9 Å². The zero-order chi connectivity index (χ0) is 19.0. The number of morpholine rings is 1. The van der Waals surface area contributed by atoms with Gasteiger partial charge in [-0.1, -0.05) is 0 Å². The highest BCUT2D eigenvalue weighted by Crippen LogP contribution is 2.28. The van der Waals surface area contributed by atoms with Gasteiger partial charge in [0.15, 0.2) is 5.78 Å². The number of carbonyl (C=O) groups excluding carboxylic acids is 2. The summed E-state index contributed by atoms with van der Waals surface area (Å²) < 4.78 is 5.40. The Balaban J connectivity index is 1.54. The van der Waals surface area contributed by atoms with E-state index >= 15 is 0 Å². The highest BCUT2D eigenvalue weighted by Gasteiger charge is 2.26. The number of Topliss-reactive ketones (excluding diaryl/α,β-unsaturated/α-hetero) is 1. The van der Waals surface area contributed by atoms with Crippen LogP contribution in [0.3, 0.4) is 0 Å². The summed E-state index contributed by atoms with van der Waals surface area (Å²) in [7, 11) is 0. The SMILES string of the molecule is Cc1cc(N2CCOCC2)ccc1NC(=O)c1[nH]c2c(c1C)C(=O)CCC2. The molecular weight excluding hydrogens is 342 g/mol. The van der Waals surface area contributed by atoms with Crippen LogP contribution >= 0.6 is 0 Å². The molecule has 1 amide bonds. The number of aromatic nitrogens is 1. The van der Waals surface area contributed by atoms with Crippen molar-refractivity contribution in [3.63, 3.8) is 0 Å². The Morgan fingerprint density at radius 1 is 1.19 bits per heavy atom. The number of nitrogens with zero attached hydrogens (tertiary/aromatic N) is 1. The Morgan fingerprint density at radius 3 is 2.67 bits per heavy atom. The Morgan fingerprint density at radius 2 is 1.96 bits per heavy atom. The van der Waals surface area contributed by atoms with E-state index in [1.807, 2.05) is 26.0 Å². The van der Waals surface area contributed by atoms with Crippen LogP contribution in [-0.4, -0.2) is 43.0 Å². The summed E-state index contributed by atoms with van der Waals surface area (Å²) >= 11 is 0. The van der Waals surface area contributed by atoms with Crippen LogP contribution in [0.2, 0.25) is 0 Å². The number of hydrogen-bond donors (Lipinski definition) is 2. The number of rotatable bonds is 3. The zero-order valence-electron chi connectivity index (χ0n) is 15.9. The van der Waals surface area contributed by atoms with Crippen LogP contribution in [0.4, 0.5) is 11.4 Å². The fourth-order valence-corrected chi connectivity index (χ4v) is 3.99. The van der Waals surface area contributed by atoms with Crippen molar-refractivity contribution in [3.05, 3.63) is 46.3 Å². The second-order valence-corrected chi connectivity index (χ2v) is 7.31. The van der Waals surface area contributed by atoms with Gasteiger partial charge in [-0.25, -0.2) is 0 Å². The van der Waals surface area contributed by atoms with Crippen molar-refractivity contribution in [2.75, 3.05) is 36.5 Å². The number of nitrogens with one attached hydrogen (secondary N) is 2. The third kappa shape index (κ3) is 3.37. The van der Waals surface area contributed by atoms with Crippen molar-refractivity contribution in [2.24, 2.45) is 0 Å². The molecule has 0 saturated carbocycles. The average molecular weight is 367 g/mol. The van der Waals surface area contributed by atoms with E-state index < -0.39 is 0 Å². The summed E-state index contributed by atoms with van der Waals surface area (Å²) in [5.74, 6) is -0.0629. The zero-order valence-corrected chi connectivity index (χ0v) is 15.9. The van der Waals surface area contributed by atoms with Crippen LogP contribution in [-0.2, 0) is 11.2 Å². The minimum Gasteiger partial charge on any atom is -0.378 e. The summed E-state index contributed by atoms with van der Waals surface area (Å²) in [5.41, 5.74) is 5.80. The first-order chi connectivity index (χ1) is 13.0. The number of aryl methyl sites for hydroxylation is 2. The predicted octanol–water partition coefficient (Wildman–Crippen LogP) is 3.24. The Kier molecular flexibility index (Phi) is 4.74. The van der Waals surface area contributed by atoms with Gasteiger partial charge >= 0.3 is 0 Å². The Bertz CT molecular complexity index is 894. The summed E-state index contributed by atoms with van der Waals surface area (Å²) in [6.07, 6.45) is 2.23. The van der Waals surface area contributed by atoms with Gasteiger partial charge in [-0.05, 0) is 56.0 Å². The molecular formula is C21H25N3O3. The first-order valence-corrected chi connectivity index (χ1v) is 9.54. The summed E-state index contributed by atoms with van der Waals surface area (Å²) in [6, 6.07) is 6.07. The van der Waals surface area contributed by atoms with Crippen molar-refractivity contribution < 1.29 is 14.3 Å². The van der Waals surface area contributed by atoms with E-state index in [2.05, 4.69) is 21.3 Å². The van der Waals surface area contributed by atoms with Crippen LogP contribution in [0.5, 0.6) is 0 Å². The van der Waals surface area contributed by atoms with Crippen LogP contribution < -0.4 is 10.2 Å². The lowest BCUT2D eigenvalue weighted by Gasteiger charge is -2.29. The average Bonchev–Trinajstić information content (AvgIpc) is 3.02. The number of ketones is 1. The predicted molar refractivity (Wildman–Crippen MR) is 105 cm³/mol. The molecule has 4 rings (SSSR count). The fourth-order valence-electron chi connectivity index (χ4n) is 3.99. The topological polar surface area (TPSA) is 74.4 Å². The van der Waals surface area contributed by atoms with E-state index in [1.165, 1.54) is 0 Å². The summed E-state index contributed by atoms with van der Waals surface area (Å²) in [5, 5.41) is 3.00. The minimum atomic E-state index is -0.197. The van der Waals surface area contributed by atoms with E-state index in [4.69, 9.17) is 4.74 Å². The van der Waals surface area contributed by atoms with Gasteiger partial charge in [-0.2, -0.15) is 0 Å². The first kappa shape index (κ1) is 17.8. The van der Waals surface area contributed by atoms with E-state index in [0.717, 1.165) is 67.3 Å². The molecule has 142 valence electrons. The third-order valence-corrected chi connectivity index (χ3v) is 5.50. The van der Waals surface area contributed by atoms with Gasteiger partial charge in [0, 0.05) is 42.1 Å². The Hall–Kier alpha value is -2.60. The lowest BCUT2D eigenvalue weighted by Crippen LogP contribution is -2.36. The number of carbonyl (C=O) groups is 2. The fraction of sp³-hybridized carbons (Fsp3) is 0.429. The molecule has 2 aromatic rings. The number of hydrogen-bond acceptors (Lipinski definition) is 4. The molecule has 1 aliphatic carbocycles. The van der Waals surface area contributed by atoms with Gasteiger partial charge in [0.05, 0.1) is 13.2 Å². The van der Waals surface area contributed by atoms with Gasteiger partial charge in [-0.15, -0.1) is 0 Å². The first-order valence-electron chi connectivity index (χ1n) is 9.54. The van der Waals surface area contributed by atoms with Gasteiger partial charge in [-0.3, -0.25) is 9.59 Å². The molecule has 1 saturated heterocycles. The maximum Gasteiger partial charge on any atom is 0.272 e. The molecule has 27 heavy (non-hydrogen) atoms. The minimum absolute atomic E-state index is 0.134. The standard InChI is InChI=1S/C21H25N3O3/c1-13-12-15(24-8-10-27-11-9-24)6-7-16(13)23-21(26)20-14(2)19-17(22-20)4-3-5-18(19)25/h6-7,12,22H,3-5,8-11H2,1-2H3,(H,23,26). The van der Waals surface area contributed by atoms with Crippen molar-refractivity contribution >= 4 is 23.1 Å². The number of H-pyrrole nitrogens is 1. The molecule has 1 aliphatic heterocycles. The summed E-state index contributed by atoms with van der Waals surface area (Å²) in [6.45, 7) is 7.09. The number of aromatic amines is 1. The Labute approximate surface area is 158 Å². The number of amides is 1. The number of anilines is 2. The quantitative estimate of drug-likeness (QED) is 0.873. The van der Waals surface area contributed by atoms with Crippen molar-refractivity contribution in [3.8, 4) is 0 Å².